The van der Waals surface area contributed by atoms with Crippen molar-refractivity contribution in [2.24, 2.45) is 0 Å². The molecule has 1 aliphatic heterocycles. The number of aliphatic hydroxyl groups excluding tert-OH is 1. The first-order chi connectivity index (χ1) is 9.93. The summed E-state index contributed by atoms with van der Waals surface area (Å²) in [6.45, 7) is 10.6. The first-order valence-corrected chi connectivity index (χ1v) is 7.47. The lowest BCUT2D eigenvalue weighted by Gasteiger charge is -2.29. The second-order valence-corrected chi connectivity index (χ2v) is 7.40. The quantitative estimate of drug-likeness (QED) is 0.811. The number of carbonyl (C=O) groups is 2. The molecule has 1 amide bonds. The van der Waals surface area contributed by atoms with Gasteiger partial charge in [0.15, 0.2) is 0 Å². The second kappa shape index (κ2) is 6.69. The van der Waals surface area contributed by atoms with Gasteiger partial charge in [-0.15, -0.1) is 0 Å². The molecule has 0 aromatic heterocycles. The summed E-state index contributed by atoms with van der Waals surface area (Å²) in [5.41, 5.74) is -0.455. The van der Waals surface area contributed by atoms with Gasteiger partial charge >= 0.3 is 12.1 Å². The van der Waals surface area contributed by atoms with Crippen LogP contribution in [0.2, 0.25) is 0 Å². The average Bonchev–Trinajstić information content (AvgIpc) is 2.69. The highest BCUT2D eigenvalue weighted by atomic mass is 16.6. The molecule has 126 valence electrons. The Morgan fingerprint density at radius 2 is 1.73 bits per heavy atom. The van der Waals surface area contributed by atoms with Gasteiger partial charge in [-0.05, 0) is 53.5 Å². The maximum atomic E-state index is 12.3. The molecule has 0 fully saturated rings. The lowest BCUT2D eigenvalue weighted by molar-refractivity contribution is -0.159. The predicted octanol–water partition coefficient (Wildman–Crippen LogP) is 2.60. The minimum Gasteiger partial charge on any atom is -0.458 e. The fourth-order valence-electron chi connectivity index (χ4n) is 2.06. The van der Waals surface area contributed by atoms with Crippen molar-refractivity contribution in [2.45, 2.75) is 71.6 Å². The van der Waals surface area contributed by atoms with Crippen LogP contribution < -0.4 is 0 Å². The van der Waals surface area contributed by atoms with E-state index in [2.05, 4.69) is 0 Å². The third-order valence-electron chi connectivity index (χ3n) is 2.83. The fraction of sp³-hybridized carbons (Fsp3) is 0.750. The number of carbonyl (C=O) groups excluding carboxylic acids is 2. The molecule has 1 atom stereocenters. The molecular weight excluding hydrogens is 286 g/mol. The monoisotopic (exact) mass is 313 g/mol. The Balaban J connectivity index is 2.90. The second-order valence-electron chi connectivity index (χ2n) is 7.40. The number of hydrogen-bond donors (Lipinski definition) is 1. The number of ether oxygens (including phenoxy) is 2. The molecule has 1 heterocycles. The van der Waals surface area contributed by atoms with Gasteiger partial charge in [-0.25, -0.2) is 9.59 Å². The van der Waals surface area contributed by atoms with Crippen molar-refractivity contribution >= 4 is 12.1 Å². The van der Waals surface area contributed by atoms with Gasteiger partial charge in [0.25, 0.3) is 0 Å². The van der Waals surface area contributed by atoms with Crippen LogP contribution in [0, 0.1) is 0 Å². The summed E-state index contributed by atoms with van der Waals surface area (Å²) in [4.78, 5) is 25.9. The van der Waals surface area contributed by atoms with Crippen molar-refractivity contribution in [3.05, 3.63) is 11.8 Å². The predicted molar refractivity (Wildman–Crippen MR) is 82.1 cm³/mol. The van der Waals surface area contributed by atoms with Gasteiger partial charge in [0.05, 0.1) is 0 Å². The Kier molecular flexibility index (Phi) is 5.62. The van der Waals surface area contributed by atoms with E-state index < -0.39 is 29.3 Å². The number of hydrogen-bond acceptors (Lipinski definition) is 5. The van der Waals surface area contributed by atoms with Gasteiger partial charge in [-0.1, -0.05) is 0 Å². The van der Waals surface area contributed by atoms with E-state index in [1.165, 1.54) is 4.90 Å². The van der Waals surface area contributed by atoms with Crippen LogP contribution in [0.1, 0.15) is 54.4 Å². The lowest BCUT2D eigenvalue weighted by Crippen LogP contribution is -2.44. The maximum Gasteiger partial charge on any atom is 0.415 e. The maximum absolute atomic E-state index is 12.3. The Morgan fingerprint density at radius 3 is 2.18 bits per heavy atom. The highest BCUT2D eigenvalue weighted by Crippen LogP contribution is 2.28. The average molecular weight is 313 g/mol. The summed E-state index contributed by atoms with van der Waals surface area (Å²) in [5, 5.41) is 9.06. The highest BCUT2D eigenvalue weighted by Gasteiger charge is 2.39. The molecule has 0 aromatic carbocycles. The lowest BCUT2D eigenvalue weighted by atomic mass is 10.1. The molecule has 1 aliphatic rings. The molecule has 0 saturated heterocycles. The van der Waals surface area contributed by atoms with Crippen molar-refractivity contribution in [1.82, 2.24) is 4.90 Å². The number of amides is 1. The molecule has 0 radical (unpaired) electrons. The molecule has 0 bridgehead atoms. The normalized spacial score (nSPS) is 19.0. The van der Waals surface area contributed by atoms with Gasteiger partial charge in [0.1, 0.15) is 17.2 Å². The van der Waals surface area contributed by atoms with E-state index in [9.17, 15) is 9.59 Å². The summed E-state index contributed by atoms with van der Waals surface area (Å²) in [7, 11) is 0. The Bertz CT molecular complexity index is 456. The molecule has 22 heavy (non-hydrogen) atoms. The van der Waals surface area contributed by atoms with Crippen LogP contribution in [0.15, 0.2) is 11.8 Å². The van der Waals surface area contributed by atoms with Crippen LogP contribution in [0.5, 0.6) is 0 Å². The molecule has 6 nitrogen and oxygen atoms in total. The number of rotatable bonds is 3. The molecule has 6 heteroatoms. The smallest absolute Gasteiger partial charge is 0.415 e. The van der Waals surface area contributed by atoms with Crippen LogP contribution >= 0.6 is 0 Å². The van der Waals surface area contributed by atoms with E-state index in [4.69, 9.17) is 14.6 Å². The molecule has 1 rings (SSSR count). The number of aliphatic hydroxyl groups is 1. The summed E-state index contributed by atoms with van der Waals surface area (Å²) < 4.78 is 10.7. The van der Waals surface area contributed by atoms with E-state index in [-0.39, 0.29) is 6.61 Å². The molecule has 0 aliphatic carbocycles. The van der Waals surface area contributed by atoms with Gasteiger partial charge < -0.3 is 14.6 Å². The van der Waals surface area contributed by atoms with Crippen LogP contribution in [-0.4, -0.2) is 45.9 Å². The summed E-state index contributed by atoms with van der Waals surface area (Å²) in [6, 6.07) is -0.740. The van der Waals surface area contributed by atoms with E-state index in [0.717, 1.165) is 5.57 Å². The van der Waals surface area contributed by atoms with Crippen LogP contribution in [0.3, 0.4) is 0 Å². The Labute approximate surface area is 132 Å². The SMILES string of the molecule is CC(C)(C)OC(=O)[C@@H]1CC(CCO)=CN1C(=O)OC(C)(C)C. The van der Waals surface area contributed by atoms with E-state index in [1.54, 1.807) is 47.7 Å². The van der Waals surface area contributed by atoms with Crippen molar-refractivity contribution in [3.63, 3.8) is 0 Å². The first-order valence-electron chi connectivity index (χ1n) is 7.47. The van der Waals surface area contributed by atoms with Crippen molar-refractivity contribution in [1.29, 1.82) is 0 Å². The minimum atomic E-state index is -0.740. The summed E-state index contributed by atoms with van der Waals surface area (Å²) >= 11 is 0. The van der Waals surface area contributed by atoms with Crippen LogP contribution in [0.4, 0.5) is 4.79 Å². The molecule has 0 unspecified atom stereocenters. The summed E-state index contributed by atoms with van der Waals surface area (Å²) in [6.07, 6.45) is 1.77. The Morgan fingerprint density at radius 1 is 1.18 bits per heavy atom. The van der Waals surface area contributed by atoms with E-state index >= 15 is 0 Å². The van der Waals surface area contributed by atoms with Gasteiger partial charge in [-0.3, -0.25) is 4.90 Å². The molecular formula is C16H27NO5. The molecule has 0 saturated carbocycles. The van der Waals surface area contributed by atoms with E-state index in [1.807, 2.05) is 0 Å². The van der Waals surface area contributed by atoms with E-state index in [0.29, 0.717) is 12.8 Å². The summed E-state index contributed by atoms with van der Waals surface area (Å²) in [5.74, 6) is -0.470. The van der Waals surface area contributed by atoms with Crippen molar-refractivity contribution in [3.8, 4) is 0 Å². The minimum absolute atomic E-state index is 0.0327. The third kappa shape index (κ3) is 5.67. The topological polar surface area (TPSA) is 76.1 Å². The molecule has 0 spiro atoms. The van der Waals surface area contributed by atoms with Crippen molar-refractivity contribution in [2.75, 3.05) is 6.61 Å². The third-order valence-corrected chi connectivity index (χ3v) is 2.83. The van der Waals surface area contributed by atoms with Gasteiger partial charge in [-0.2, -0.15) is 0 Å². The number of nitrogens with zero attached hydrogens (tertiary/aromatic N) is 1. The van der Waals surface area contributed by atoms with Gasteiger partial charge in [0, 0.05) is 19.2 Å². The Hall–Kier alpha value is -1.56. The fourth-order valence-corrected chi connectivity index (χ4v) is 2.06. The largest absolute Gasteiger partial charge is 0.458 e. The zero-order valence-corrected chi connectivity index (χ0v) is 14.3. The zero-order valence-electron chi connectivity index (χ0n) is 14.3. The number of esters is 1. The van der Waals surface area contributed by atoms with Crippen LogP contribution in [0.25, 0.3) is 0 Å². The van der Waals surface area contributed by atoms with Gasteiger partial charge in [0.2, 0.25) is 0 Å². The first kappa shape index (κ1) is 18.5. The molecule has 0 aromatic rings. The van der Waals surface area contributed by atoms with Crippen molar-refractivity contribution < 1.29 is 24.2 Å². The van der Waals surface area contributed by atoms with Crippen LogP contribution in [-0.2, 0) is 14.3 Å². The zero-order chi connectivity index (χ0) is 17.1. The molecule has 1 N–H and O–H groups in total. The highest BCUT2D eigenvalue weighted by molar-refractivity contribution is 5.84. The standard InChI is InChI=1S/C16H27NO5/c1-15(2,3)21-13(19)12-9-11(7-8-18)10-17(12)14(20)22-16(4,5)6/h10,12,18H,7-9H2,1-6H3/t12-/m0/s1.